The van der Waals surface area contributed by atoms with Gasteiger partial charge in [0.25, 0.3) is 5.91 Å². The molecule has 0 radical (unpaired) electrons. The fraction of sp³-hybridized carbons (Fsp3) is 0.381. The number of carbonyl (C=O) groups excluding carboxylic acids is 1. The van der Waals surface area contributed by atoms with Gasteiger partial charge in [0.15, 0.2) is 6.61 Å². The van der Waals surface area contributed by atoms with Crippen LogP contribution in [-0.4, -0.2) is 47.5 Å². The van der Waals surface area contributed by atoms with Gasteiger partial charge < -0.3 is 9.64 Å². The summed E-state index contributed by atoms with van der Waals surface area (Å²) in [6, 6.07) is 10.7. The minimum absolute atomic E-state index is 0.0181. The summed E-state index contributed by atoms with van der Waals surface area (Å²) in [5.74, 6) is -0.542. The van der Waals surface area contributed by atoms with Crippen LogP contribution in [0.15, 0.2) is 42.5 Å². The van der Waals surface area contributed by atoms with Crippen molar-refractivity contribution >= 4 is 17.5 Å². The molecule has 1 aliphatic rings. The first-order valence-corrected chi connectivity index (χ1v) is 9.57. The molecule has 1 saturated heterocycles. The van der Waals surface area contributed by atoms with Crippen LogP contribution in [0.1, 0.15) is 19.4 Å². The van der Waals surface area contributed by atoms with Gasteiger partial charge in [-0.25, -0.2) is 8.78 Å². The summed E-state index contributed by atoms with van der Waals surface area (Å²) in [5, 5.41) is -0.0404. The largest absolute Gasteiger partial charge is 0.484 e. The lowest BCUT2D eigenvalue weighted by Gasteiger charge is -2.44. The Kier molecular flexibility index (Phi) is 6.52. The highest BCUT2D eigenvalue weighted by atomic mass is 35.5. The van der Waals surface area contributed by atoms with Gasteiger partial charge in [0.1, 0.15) is 17.4 Å². The van der Waals surface area contributed by atoms with Crippen molar-refractivity contribution in [3.05, 3.63) is 64.7 Å². The van der Waals surface area contributed by atoms with E-state index in [9.17, 15) is 13.6 Å². The van der Waals surface area contributed by atoms with E-state index in [1.54, 1.807) is 17.0 Å². The van der Waals surface area contributed by atoms with Gasteiger partial charge in [-0.1, -0.05) is 23.7 Å². The summed E-state index contributed by atoms with van der Waals surface area (Å²) < 4.78 is 31.8. The molecule has 0 spiro atoms. The Hall–Kier alpha value is -2.18. The standard InChI is InChI=1S/C21H23ClF2N2O2/c1-14-11-26(21(27)13-28-18-7-8-20(24)19(22)9-18)15(2)10-25(14)12-16-3-5-17(23)6-4-16/h3-9,14-15H,10-13H2,1-2H3. The molecule has 0 aliphatic carbocycles. The SMILES string of the molecule is CC1CN(C(=O)COc2ccc(F)c(Cl)c2)C(C)CN1Cc1ccc(F)cc1. The average molecular weight is 409 g/mol. The zero-order valence-corrected chi connectivity index (χ0v) is 16.6. The number of hydrogen-bond acceptors (Lipinski definition) is 3. The molecule has 1 aliphatic heterocycles. The van der Waals surface area contributed by atoms with Gasteiger partial charge in [0.05, 0.1) is 5.02 Å². The molecule has 150 valence electrons. The van der Waals surface area contributed by atoms with Crippen molar-refractivity contribution in [3.8, 4) is 5.75 Å². The molecule has 28 heavy (non-hydrogen) atoms. The highest BCUT2D eigenvalue weighted by Gasteiger charge is 2.32. The third kappa shape index (κ3) is 5.00. The van der Waals surface area contributed by atoms with Gasteiger partial charge in [-0.2, -0.15) is 0 Å². The number of nitrogens with zero attached hydrogens (tertiary/aromatic N) is 2. The zero-order chi connectivity index (χ0) is 20.3. The van der Waals surface area contributed by atoms with Crippen molar-refractivity contribution < 1.29 is 18.3 Å². The van der Waals surface area contributed by atoms with Crippen molar-refractivity contribution in [3.63, 3.8) is 0 Å². The lowest BCUT2D eigenvalue weighted by Crippen LogP contribution is -2.58. The van der Waals surface area contributed by atoms with Crippen LogP contribution < -0.4 is 4.74 Å². The molecule has 3 rings (SSSR count). The molecule has 1 amide bonds. The Balaban J connectivity index is 1.56. The molecular formula is C21H23ClF2N2O2. The number of ether oxygens (including phenoxy) is 1. The summed E-state index contributed by atoms with van der Waals surface area (Å²) in [4.78, 5) is 16.7. The number of carbonyl (C=O) groups is 1. The van der Waals surface area contributed by atoms with E-state index < -0.39 is 5.82 Å². The second-order valence-corrected chi connectivity index (χ2v) is 7.57. The highest BCUT2D eigenvalue weighted by molar-refractivity contribution is 6.30. The van der Waals surface area contributed by atoms with E-state index in [-0.39, 0.29) is 35.4 Å². The number of rotatable bonds is 5. The van der Waals surface area contributed by atoms with Gasteiger partial charge in [-0.15, -0.1) is 0 Å². The average Bonchev–Trinajstić information content (AvgIpc) is 2.67. The van der Waals surface area contributed by atoms with E-state index in [1.165, 1.54) is 30.3 Å². The third-order valence-corrected chi connectivity index (χ3v) is 5.28. The number of amides is 1. The summed E-state index contributed by atoms with van der Waals surface area (Å²) in [5.41, 5.74) is 1.04. The Bertz CT molecular complexity index is 832. The molecule has 4 nitrogen and oxygen atoms in total. The first kappa shape index (κ1) is 20.6. The molecule has 0 bridgehead atoms. The first-order chi connectivity index (χ1) is 13.3. The Morgan fingerprint density at radius 3 is 2.50 bits per heavy atom. The van der Waals surface area contributed by atoms with Crippen molar-refractivity contribution in [1.29, 1.82) is 0 Å². The highest BCUT2D eigenvalue weighted by Crippen LogP contribution is 2.22. The van der Waals surface area contributed by atoms with Gasteiger partial charge in [0.2, 0.25) is 0 Å². The predicted molar refractivity (Wildman–Crippen MR) is 104 cm³/mol. The first-order valence-electron chi connectivity index (χ1n) is 9.19. The van der Waals surface area contributed by atoms with Crippen LogP contribution in [0.25, 0.3) is 0 Å². The Morgan fingerprint density at radius 1 is 1.11 bits per heavy atom. The number of piperazine rings is 1. The van der Waals surface area contributed by atoms with Crippen LogP contribution in [-0.2, 0) is 11.3 Å². The minimum atomic E-state index is -0.528. The van der Waals surface area contributed by atoms with Crippen LogP contribution in [0.4, 0.5) is 8.78 Å². The maximum Gasteiger partial charge on any atom is 0.260 e. The predicted octanol–water partition coefficient (Wildman–Crippen LogP) is 4.12. The van der Waals surface area contributed by atoms with Crippen LogP contribution in [0.3, 0.4) is 0 Å². The zero-order valence-electron chi connectivity index (χ0n) is 15.9. The molecular weight excluding hydrogens is 386 g/mol. The lowest BCUT2D eigenvalue weighted by molar-refractivity contribution is -0.139. The molecule has 2 aromatic carbocycles. The summed E-state index contributed by atoms with van der Waals surface area (Å²) >= 11 is 5.73. The lowest BCUT2D eigenvalue weighted by atomic mass is 10.1. The Morgan fingerprint density at radius 2 is 1.82 bits per heavy atom. The van der Waals surface area contributed by atoms with E-state index in [1.807, 2.05) is 6.92 Å². The maximum absolute atomic E-state index is 13.2. The number of hydrogen-bond donors (Lipinski definition) is 0. The van der Waals surface area contributed by atoms with E-state index in [0.29, 0.717) is 25.4 Å². The number of benzene rings is 2. The fourth-order valence-corrected chi connectivity index (χ4v) is 3.56. The van der Waals surface area contributed by atoms with E-state index >= 15 is 0 Å². The minimum Gasteiger partial charge on any atom is -0.484 e. The monoisotopic (exact) mass is 408 g/mol. The molecule has 7 heteroatoms. The summed E-state index contributed by atoms with van der Waals surface area (Å²) in [6.45, 7) is 5.93. The molecule has 2 atom stereocenters. The summed E-state index contributed by atoms with van der Waals surface area (Å²) in [7, 11) is 0. The van der Waals surface area contributed by atoms with Crippen LogP contribution >= 0.6 is 11.6 Å². The van der Waals surface area contributed by atoms with E-state index in [4.69, 9.17) is 16.3 Å². The van der Waals surface area contributed by atoms with Crippen molar-refractivity contribution in [2.24, 2.45) is 0 Å². The fourth-order valence-electron chi connectivity index (χ4n) is 3.38. The van der Waals surface area contributed by atoms with Crippen molar-refractivity contribution in [2.75, 3.05) is 19.7 Å². The second kappa shape index (κ2) is 8.88. The third-order valence-electron chi connectivity index (χ3n) is 4.99. The smallest absolute Gasteiger partial charge is 0.260 e. The van der Waals surface area contributed by atoms with Crippen molar-refractivity contribution in [2.45, 2.75) is 32.5 Å². The molecule has 0 saturated carbocycles. The van der Waals surface area contributed by atoms with Gasteiger partial charge in [0, 0.05) is 37.8 Å². The van der Waals surface area contributed by atoms with Gasteiger partial charge in [-0.05, 0) is 43.7 Å². The quantitative estimate of drug-likeness (QED) is 0.746. The van der Waals surface area contributed by atoms with Gasteiger partial charge >= 0.3 is 0 Å². The van der Waals surface area contributed by atoms with Crippen LogP contribution in [0.5, 0.6) is 5.75 Å². The second-order valence-electron chi connectivity index (χ2n) is 7.16. The molecule has 2 aromatic rings. The van der Waals surface area contributed by atoms with Crippen LogP contribution in [0.2, 0.25) is 5.02 Å². The van der Waals surface area contributed by atoms with E-state index in [2.05, 4.69) is 11.8 Å². The maximum atomic E-state index is 13.2. The molecule has 1 heterocycles. The summed E-state index contributed by atoms with van der Waals surface area (Å²) in [6.07, 6.45) is 0. The number of halogens is 3. The van der Waals surface area contributed by atoms with Gasteiger partial charge in [-0.3, -0.25) is 9.69 Å². The molecule has 1 fully saturated rings. The van der Waals surface area contributed by atoms with E-state index in [0.717, 1.165) is 5.56 Å². The molecule has 2 unspecified atom stereocenters. The molecule has 0 aromatic heterocycles. The van der Waals surface area contributed by atoms with Crippen LogP contribution in [0, 0.1) is 11.6 Å². The molecule has 0 N–H and O–H groups in total. The van der Waals surface area contributed by atoms with Crippen molar-refractivity contribution in [1.82, 2.24) is 9.80 Å². The Labute approximate surface area is 168 Å². The topological polar surface area (TPSA) is 32.8 Å². The normalized spacial score (nSPS) is 20.2.